The lowest BCUT2D eigenvalue weighted by Crippen LogP contribution is -2.35. The molecule has 4 rings (SSSR count). The number of rotatable bonds is 6. The van der Waals surface area contributed by atoms with Gasteiger partial charge in [-0.15, -0.1) is 0 Å². The summed E-state index contributed by atoms with van der Waals surface area (Å²) in [7, 11) is 0. The number of pyridine rings is 1. The van der Waals surface area contributed by atoms with E-state index in [1.54, 1.807) is 54.9 Å². The average Bonchev–Trinajstić information content (AvgIpc) is 2.85. The van der Waals surface area contributed by atoms with Gasteiger partial charge in [-0.3, -0.25) is 15.1 Å². The maximum atomic E-state index is 12.6. The van der Waals surface area contributed by atoms with Crippen molar-refractivity contribution in [3.8, 4) is 0 Å². The minimum Gasteiger partial charge on any atom is -0.449 e. The minimum atomic E-state index is -0.532. The largest absolute Gasteiger partial charge is 0.449 e. The van der Waals surface area contributed by atoms with Gasteiger partial charge in [0.15, 0.2) is 0 Å². The number of hydrogen-bond acceptors (Lipinski definition) is 5. The van der Waals surface area contributed by atoms with Gasteiger partial charge < -0.3 is 15.0 Å². The number of nitrogens with zero attached hydrogens (tertiary/aromatic N) is 2. The Balaban J connectivity index is 1.27. The fraction of sp³-hybridized carbons (Fsp3) is 0.240. The topological polar surface area (TPSA) is 83.6 Å². The van der Waals surface area contributed by atoms with Crippen molar-refractivity contribution in [3.05, 3.63) is 83.1 Å². The number of para-hydroxylation sites is 2. The van der Waals surface area contributed by atoms with E-state index in [1.807, 2.05) is 18.2 Å². The highest BCUT2D eigenvalue weighted by atomic mass is 79.9. The third kappa shape index (κ3) is 6.32. The van der Waals surface area contributed by atoms with E-state index < -0.39 is 6.09 Å². The van der Waals surface area contributed by atoms with Gasteiger partial charge in [0.05, 0.1) is 18.0 Å². The maximum Gasteiger partial charge on any atom is 0.411 e. The summed E-state index contributed by atoms with van der Waals surface area (Å²) in [6.07, 6.45) is 4.97. The highest BCUT2D eigenvalue weighted by Gasteiger charge is 2.21. The quantitative estimate of drug-likeness (QED) is 0.455. The van der Waals surface area contributed by atoms with Crippen LogP contribution in [-0.2, 0) is 4.74 Å². The van der Waals surface area contributed by atoms with Crippen LogP contribution in [0.2, 0.25) is 0 Å². The van der Waals surface area contributed by atoms with Crippen molar-refractivity contribution in [3.63, 3.8) is 0 Å². The number of ether oxygens (including phenoxy) is 1. The van der Waals surface area contributed by atoms with Crippen molar-refractivity contribution in [2.45, 2.75) is 12.8 Å². The number of carbonyl (C=O) groups excluding carboxylic acids is 2. The van der Waals surface area contributed by atoms with Crippen LogP contribution in [0, 0.1) is 5.92 Å². The van der Waals surface area contributed by atoms with Gasteiger partial charge >= 0.3 is 6.09 Å². The summed E-state index contributed by atoms with van der Waals surface area (Å²) in [6, 6.07) is 18.2. The number of aromatic nitrogens is 1. The monoisotopic (exact) mass is 508 g/mol. The summed E-state index contributed by atoms with van der Waals surface area (Å²) in [5.41, 5.74) is 2.67. The molecule has 8 heteroatoms. The molecule has 1 aliphatic rings. The second kappa shape index (κ2) is 11.0. The van der Waals surface area contributed by atoms with Crippen molar-refractivity contribution in [2.75, 3.05) is 35.2 Å². The van der Waals surface area contributed by atoms with Crippen LogP contribution in [0.15, 0.2) is 77.5 Å². The number of benzene rings is 2. The predicted molar refractivity (Wildman–Crippen MR) is 133 cm³/mol. The van der Waals surface area contributed by atoms with E-state index in [9.17, 15) is 9.59 Å². The van der Waals surface area contributed by atoms with Crippen LogP contribution in [0.4, 0.5) is 21.9 Å². The minimum absolute atomic E-state index is 0.264. The molecule has 1 aromatic heterocycles. The molecule has 0 saturated carbocycles. The summed E-state index contributed by atoms with van der Waals surface area (Å²) in [6.45, 7) is 2.21. The zero-order chi connectivity index (χ0) is 23.0. The van der Waals surface area contributed by atoms with Crippen LogP contribution in [0.3, 0.4) is 0 Å². The molecule has 170 valence electrons. The number of halogens is 1. The highest BCUT2D eigenvalue weighted by Crippen LogP contribution is 2.25. The SMILES string of the molecule is O=C(Nc1ccccc1NC(=O)c1cccc(Br)c1)OCC1CCN(c2ccncc2)CC1. The van der Waals surface area contributed by atoms with E-state index in [1.165, 1.54) is 5.69 Å². The Labute approximate surface area is 201 Å². The number of nitrogens with one attached hydrogen (secondary N) is 2. The molecule has 0 bridgehead atoms. The van der Waals surface area contributed by atoms with Gasteiger partial charge in [-0.05, 0) is 61.2 Å². The fourth-order valence-corrected chi connectivity index (χ4v) is 4.18. The van der Waals surface area contributed by atoms with Crippen LogP contribution in [-0.4, -0.2) is 36.7 Å². The Morgan fingerprint density at radius 2 is 1.67 bits per heavy atom. The number of hydrogen-bond donors (Lipinski definition) is 2. The highest BCUT2D eigenvalue weighted by molar-refractivity contribution is 9.10. The molecule has 2 heterocycles. The molecule has 0 spiro atoms. The Hall–Kier alpha value is -3.39. The van der Waals surface area contributed by atoms with Crippen LogP contribution in [0.5, 0.6) is 0 Å². The fourth-order valence-electron chi connectivity index (χ4n) is 3.78. The molecule has 0 aliphatic carbocycles. The predicted octanol–water partition coefficient (Wildman–Crippen LogP) is 5.56. The lowest BCUT2D eigenvalue weighted by atomic mass is 9.97. The average molecular weight is 509 g/mol. The van der Waals surface area contributed by atoms with Gasteiger partial charge in [-0.2, -0.15) is 0 Å². The van der Waals surface area contributed by atoms with Crippen LogP contribution < -0.4 is 15.5 Å². The van der Waals surface area contributed by atoms with E-state index in [0.29, 0.717) is 29.5 Å². The van der Waals surface area contributed by atoms with E-state index in [0.717, 1.165) is 30.4 Å². The molecule has 2 N–H and O–H groups in total. The molecule has 1 saturated heterocycles. The summed E-state index contributed by atoms with van der Waals surface area (Å²) in [5, 5.41) is 5.60. The van der Waals surface area contributed by atoms with Crippen molar-refractivity contribution in [2.24, 2.45) is 5.92 Å². The van der Waals surface area contributed by atoms with Crippen molar-refractivity contribution in [1.29, 1.82) is 0 Å². The third-order valence-corrected chi connectivity index (χ3v) is 6.08. The third-order valence-electron chi connectivity index (χ3n) is 5.59. The van der Waals surface area contributed by atoms with Crippen molar-refractivity contribution < 1.29 is 14.3 Å². The lowest BCUT2D eigenvalue weighted by Gasteiger charge is -2.33. The molecule has 2 amide bonds. The van der Waals surface area contributed by atoms with Crippen LogP contribution >= 0.6 is 15.9 Å². The molecular formula is C25H25BrN4O3. The van der Waals surface area contributed by atoms with Crippen molar-refractivity contribution >= 4 is 45.0 Å². The molecule has 0 atom stereocenters. The zero-order valence-electron chi connectivity index (χ0n) is 18.0. The smallest absolute Gasteiger partial charge is 0.411 e. The zero-order valence-corrected chi connectivity index (χ0v) is 19.6. The van der Waals surface area contributed by atoms with Crippen LogP contribution in [0.1, 0.15) is 23.2 Å². The first kappa shape index (κ1) is 22.8. The number of anilines is 3. The molecule has 7 nitrogen and oxygen atoms in total. The normalized spacial score (nSPS) is 13.9. The van der Waals surface area contributed by atoms with E-state index in [-0.39, 0.29) is 5.91 Å². The number of carbonyl (C=O) groups is 2. The van der Waals surface area contributed by atoms with E-state index in [2.05, 4.69) is 36.4 Å². The molecule has 3 aromatic rings. The molecule has 33 heavy (non-hydrogen) atoms. The number of piperidine rings is 1. The molecular weight excluding hydrogens is 484 g/mol. The second-order valence-electron chi connectivity index (χ2n) is 7.87. The molecule has 0 unspecified atom stereocenters. The summed E-state index contributed by atoms with van der Waals surface area (Å²) < 4.78 is 6.31. The van der Waals surface area contributed by atoms with E-state index >= 15 is 0 Å². The molecule has 1 aliphatic heterocycles. The first-order chi connectivity index (χ1) is 16.1. The second-order valence-corrected chi connectivity index (χ2v) is 8.79. The lowest BCUT2D eigenvalue weighted by molar-refractivity contribution is 0.102. The van der Waals surface area contributed by atoms with Gasteiger partial charge in [0, 0.05) is 41.2 Å². The van der Waals surface area contributed by atoms with E-state index in [4.69, 9.17) is 4.74 Å². The Bertz CT molecular complexity index is 1100. The van der Waals surface area contributed by atoms with Gasteiger partial charge in [0.1, 0.15) is 0 Å². The summed E-state index contributed by atoms with van der Waals surface area (Å²) in [5.74, 6) is 0.0557. The maximum absolute atomic E-state index is 12.6. The molecule has 0 radical (unpaired) electrons. The number of amides is 2. The Morgan fingerprint density at radius 3 is 2.36 bits per heavy atom. The first-order valence-electron chi connectivity index (χ1n) is 10.8. The standard InChI is InChI=1S/C25H25BrN4O3/c26-20-5-3-4-19(16-20)24(31)28-22-6-1-2-7-23(22)29-25(32)33-17-18-10-14-30(15-11-18)21-8-12-27-13-9-21/h1-9,12-13,16,18H,10-11,14-15,17H2,(H,28,31)(H,29,32). The molecule has 2 aromatic carbocycles. The van der Waals surface area contributed by atoms with Gasteiger partial charge in [-0.1, -0.05) is 34.1 Å². The van der Waals surface area contributed by atoms with Crippen molar-refractivity contribution in [1.82, 2.24) is 4.98 Å². The van der Waals surface area contributed by atoms with Crippen LogP contribution in [0.25, 0.3) is 0 Å². The van der Waals surface area contributed by atoms with Gasteiger partial charge in [0.2, 0.25) is 0 Å². The first-order valence-corrected chi connectivity index (χ1v) is 11.6. The Kier molecular flexibility index (Phi) is 7.57. The molecule has 1 fully saturated rings. The van der Waals surface area contributed by atoms with Gasteiger partial charge in [0.25, 0.3) is 5.91 Å². The van der Waals surface area contributed by atoms with Gasteiger partial charge in [-0.25, -0.2) is 4.79 Å². The summed E-state index contributed by atoms with van der Waals surface area (Å²) >= 11 is 3.37. The summed E-state index contributed by atoms with van der Waals surface area (Å²) in [4.78, 5) is 31.4. The Morgan fingerprint density at radius 1 is 0.970 bits per heavy atom.